The fraction of sp³-hybridized carbons (Fsp3) is 0.789. The zero-order chi connectivity index (χ0) is 19.7. The number of nitrogens with zero attached hydrogens (tertiary/aromatic N) is 4. The number of aliphatic imine (C=N–C) groups is 1. The molecule has 1 aliphatic carbocycles. The van der Waals surface area contributed by atoms with Crippen molar-refractivity contribution in [3.05, 3.63) is 17.0 Å². The van der Waals surface area contributed by atoms with Crippen LogP contribution in [0.3, 0.4) is 0 Å². The fourth-order valence-corrected chi connectivity index (χ4v) is 6.60. The molecule has 0 radical (unpaired) electrons. The van der Waals surface area contributed by atoms with E-state index in [-0.39, 0.29) is 5.75 Å². The molecule has 2 fully saturated rings. The number of aryl methyl sites for hydroxylation is 2. The highest BCUT2D eigenvalue weighted by Crippen LogP contribution is 2.38. The maximum Gasteiger partial charge on any atom is 0.194 e. The first-order chi connectivity index (χ1) is 12.8. The van der Waals surface area contributed by atoms with Gasteiger partial charge in [-0.1, -0.05) is 19.3 Å². The number of hydrogen-bond donors (Lipinski definition) is 1. The normalized spacial score (nSPS) is 22.2. The molecule has 0 bridgehead atoms. The second-order valence-corrected chi connectivity index (χ2v) is 10.4. The molecule has 1 N–H and O–H groups in total. The SMILES string of the molecule is CCNC(=NCc1c(C)nn(C)c1C)N1CCS(=O)(=O)C2(CCCCC2)C1. The molecule has 1 aliphatic heterocycles. The minimum Gasteiger partial charge on any atom is -0.357 e. The Labute approximate surface area is 163 Å². The number of guanidine groups is 1. The van der Waals surface area contributed by atoms with Gasteiger partial charge in [-0.05, 0) is 33.6 Å². The summed E-state index contributed by atoms with van der Waals surface area (Å²) in [5, 5.41) is 7.84. The molecular formula is C19H33N5O2S. The molecule has 0 amide bonds. The van der Waals surface area contributed by atoms with E-state index in [1.807, 2.05) is 25.6 Å². The molecule has 1 aromatic heterocycles. The summed E-state index contributed by atoms with van der Waals surface area (Å²) in [5.74, 6) is 1.04. The monoisotopic (exact) mass is 395 g/mol. The predicted molar refractivity (Wildman–Crippen MR) is 109 cm³/mol. The molecule has 152 valence electrons. The second kappa shape index (κ2) is 7.81. The van der Waals surface area contributed by atoms with E-state index in [1.165, 1.54) is 0 Å². The quantitative estimate of drug-likeness (QED) is 0.625. The van der Waals surface area contributed by atoms with Crippen LogP contribution in [0.1, 0.15) is 56.0 Å². The zero-order valence-electron chi connectivity index (χ0n) is 17.1. The number of rotatable bonds is 3. The van der Waals surface area contributed by atoms with Gasteiger partial charge in [0.2, 0.25) is 0 Å². The lowest BCUT2D eigenvalue weighted by atomic mass is 9.87. The van der Waals surface area contributed by atoms with Crippen LogP contribution in [0.25, 0.3) is 0 Å². The highest BCUT2D eigenvalue weighted by atomic mass is 32.2. The van der Waals surface area contributed by atoms with Crippen molar-refractivity contribution in [2.75, 3.05) is 25.4 Å². The third-order valence-corrected chi connectivity index (χ3v) is 8.79. The molecule has 1 saturated carbocycles. The van der Waals surface area contributed by atoms with Crippen LogP contribution in [-0.2, 0) is 23.4 Å². The molecule has 7 nitrogen and oxygen atoms in total. The lowest BCUT2D eigenvalue weighted by molar-refractivity contribution is 0.274. The molecule has 1 aromatic rings. The summed E-state index contributed by atoms with van der Waals surface area (Å²) < 4.78 is 27.0. The molecular weight excluding hydrogens is 362 g/mol. The van der Waals surface area contributed by atoms with Crippen molar-refractivity contribution in [3.8, 4) is 0 Å². The zero-order valence-corrected chi connectivity index (χ0v) is 17.9. The van der Waals surface area contributed by atoms with Crippen LogP contribution in [0.2, 0.25) is 0 Å². The van der Waals surface area contributed by atoms with E-state index in [1.54, 1.807) is 0 Å². The second-order valence-electron chi connectivity index (χ2n) is 7.93. The Morgan fingerprint density at radius 1 is 1.26 bits per heavy atom. The summed E-state index contributed by atoms with van der Waals surface area (Å²) in [4.78, 5) is 7.02. The Kier molecular flexibility index (Phi) is 5.84. The number of aromatic nitrogens is 2. The molecule has 0 aromatic carbocycles. The van der Waals surface area contributed by atoms with Crippen LogP contribution >= 0.6 is 0 Å². The summed E-state index contributed by atoms with van der Waals surface area (Å²) in [6.45, 7) is 8.52. The van der Waals surface area contributed by atoms with Gasteiger partial charge in [0.25, 0.3) is 0 Å². The van der Waals surface area contributed by atoms with Crippen LogP contribution < -0.4 is 5.32 Å². The number of sulfone groups is 1. The van der Waals surface area contributed by atoms with E-state index >= 15 is 0 Å². The van der Waals surface area contributed by atoms with Gasteiger partial charge < -0.3 is 10.2 Å². The van der Waals surface area contributed by atoms with Gasteiger partial charge in [0.1, 0.15) is 0 Å². The summed E-state index contributed by atoms with van der Waals surface area (Å²) in [5.41, 5.74) is 3.27. The summed E-state index contributed by atoms with van der Waals surface area (Å²) in [7, 11) is -1.09. The van der Waals surface area contributed by atoms with Crippen molar-refractivity contribution in [1.82, 2.24) is 20.0 Å². The van der Waals surface area contributed by atoms with Crippen LogP contribution in [0.4, 0.5) is 0 Å². The molecule has 0 unspecified atom stereocenters. The fourth-order valence-electron chi connectivity index (χ4n) is 4.44. The Morgan fingerprint density at radius 3 is 2.56 bits per heavy atom. The standard InChI is InChI=1S/C19H33N5O2S/c1-5-20-18(21-13-17-15(2)22-23(4)16(17)3)24-11-12-27(25,26)19(14-24)9-7-6-8-10-19/h5-14H2,1-4H3,(H,20,21). The Bertz CT molecular complexity index is 806. The minimum absolute atomic E-state index is 0.225. The maximum atomic E-state index is 12.9. The molecule has 0 atom stereocenters. The molecule has 1 saturated heterocycles. The summed E-state index contributed by atoms with van der Waals surface area (Å²) in [6.07, 6.45) is 4.73. The molecule has 27 heavy (non-hydrogen) atoms. The molecule has 2 aliphatic rings. The van der Waals surface area contributed by atoms with Gasteiger partial charge in [-0.2, -0.15) is 5.10 Å². The largest absolute Gasteiger partial charge is 0.357 e. The molecule has 1 spiro atoms. The van der Waals surface area contributed by atoms with Gasteiger partial charge in [-0.25, -0.2) is 13.4 Å². The summed E-state index contributed by atoms with van der Waals surface area (Å²) >= 11 is 0. The number of hydrogen-bond acceptors (Lipinski definition) is 4. The van der Waals surface area contributed by atoms with Crippen molar-refractivity contribution >= 4 is 15.8 Å². The van der Waals surface area contributed by atoms with Crippen LogP contribution in [0.5, 0.6) is 0 Å². The topological polar surface area (TPSA) is 79.6 Å². The van der Waals surface area contributed by atoms with Crippen molar-refractivity contribution in [1.29, 1.82) is 0 Å². The van der Waals surface area contributed by atoms with Crippen LogP contribution in [-0.4, -0.2) is 59.2 Å². The van der Waals surface area contributed by atoms with Crippen molar-refractivity contribution in [2.45, 2.75) is 64.2 Å². The van der Waals surface area contributed by atoms with Gasteiger partial charge in [0.15, 0.2) is 15.8 Å². The van der Waals surface area contributed by atoms with Crippen LogP contribution in [0.15, 0.2) is 4.99 Å². The van der Waals surface area contributed by atoms with Gasteiger partial charge in [-0.15, -0.1) is 0 Å². The van der Waals surface area contributed by atoms with Gasteiger partial charge in [-0.3, -0.25) is 4.68 Å². The average molecular weight is 396 g/mol. The summed E-state index contributed by atoms with van der Waals surface area (Å²) in [6, 6.07) is 0. The predicted octanol–water partition coefficient (Wildman–Crippen LogP) is 1.94. The van der Waals surface area contributed by atoms with Crippen molar-refractivity contribution < 1.29 is 8.42 Å². The first-order valence-electron chi connectivity index (χ1n) is 10.0. The average Bonchev–Trinajstić information content (AvgIpc) is 2.87. The molecule has 3 rings (SSSR count). The van der Waals surface area contributed by atoms with Crippen molar-refractivity contribution in [2.24, 2.45) is 12.0 Å². The van der Waals surface area contributed by atoms with E-state index in [2.05, 4.69) is 22.2 Å². The van der Waals surface area contributed by atoms with E-state index in [0.29, 0.717) is 19.6 Å². The van der Waals surface area contributed by atoms with E-state index in [4.69, 9.17) is 4.99 Å². The lowest BCUT2D eigenvalue weighted by Crippen LogP contribution is -2.60. The first-order valence-corrected chi connectivity index (χ1v) is 11.7. The maximum absolute atomic E-state index is 12.9. The van der Waals surface area contributed by atoms with E-state index in [0.717, 1.165) is 61.6 Å². The Morgan fingerprint density at radius 2 is 1.96 bits per heavy atom. The third kappa shape index (κ3) is 3.86. The van der Waals surface area contributed by atoms with E-state index < -0.39 is 14.6 Å². The Hall–Kier alpha value is -1.57. The van der Waals surface area contributed by atoms with Gasteiger partial charge in [0, 0.05) is 37.9 Å². The first kappa shape index (κ1) is 20.2. The Balaban J connectivity index is 1.84. The highest BCUT2D eigenvalue weighted by molar-refractivity contribution is 7.92. The smallest absolute Gasteiger partial charge is 0.194 e. The third-order valence-electron chi connectivity index (χ3n) is 6.21. The van der Waals surface area contributed by atoms with E-state index in [9.17, 15) is 8.42 Å². The highest BCUT2D eigenvalue weighted by Gasteiger charge is 2.48. The molecule has 8 heteroatoms. The molecule has 2 heterocycles. The number of nitrogens with one attached hydrogen (secondary N) is 1. The van der Waals surface area contributed by atoms with Crippen molar-refractivity contribution in [3.63, 3.8) is 0 Å². The lowest BCUT2D eigenvalue weighted by Gasteiger charge is -2.45. The van der Waals surface area contributed by atoms with Gasteiger partial charge >= 0.3 is 0 Å². The van der Waals surface area contributed by atoms with Gasteiger partial charge in [0.05, 0.1) is 22.7 Å². The minimum atomic E-state index is -3.04. The van der Waals surface area contributed by atoms with Crippen LogP contribution in [0, 0.1) is 13.8 Å².